The zero-order valence-electron chi connectivity index (χ0n) is 24.5. The van der Waals surface area contributed by atoms with Crippen LogP contribution in [0, 0.1) is 0 Å². The van der Waals surface area contributed by atoms with Crippen molar-refractivity contribution in [3.05, 3.63) is 139 Å². The summed E-state index contributed by atoms with van der Waals surface area (Å²) < 4.78 is 17.0. The van der Waals surface area contributed by atoms with E-state index in [4.69, 9.17) is 19.1 Å². The van der Waals surface area contributed by atoms with Crippen molar-refractivity contribution >= 4 is 71.6 Å². The number of fused-ring (bicyclic) bond motifs is 12. The maximum absolute atomic E-state index is 6.23. The summed E-state index contributed by atoms with van der Waals surface area (Å²) in [7, 11) is 0. The second kappa shape index (κ2) is 8.73. The van der Waals surface area contributed by atoms with E-state index >= 15 is 0 Å². The molecule has 216 valence electrons. The van der Waals surface area contributed by atoms with E-state index < -0.39 is 0 Å². The van der Waals surface area contributed by atoms with Crippen LogP contribution in [-0.2, 0) is 0 Å². The Labute approximate surface area is 262 Å². The molecule has 1 aliphatic carbocycles. The van der Waals surface area contributed by atoms with Crippen LogP contribution in [0.2, 0.25) is 0 Å². The van der Waals surface area contributed by atoms with Gasteiger partial charge in [-0.05, 0) is 66.7 Å². The van der Waals surface area contributed by atoms with Crippen LogP contribution in [0.15, 0.2) is 138 Å². The number of hydrogen-bond acceptors (Lipinski definition) is 4. The zero-order chi connectivity index (χ0) is 29.9. The molecule has 0 saturated heterocycles. The van der Waals surface area contributed by atoms with Crippen LogP contribution in [0.25, 0.3) is 77.3 Å². The van der Waals surface area contributed by atoms with Gasteiger partial charge in [-0.25, -0.2) is 4.98 Å². The molecule has 9 aromatic rings. The molecule has 11 rings (SSSR count). The van der Waals surface area contributed by atoms with E-state index in [-0.39, 0.29) is 5.92 Å². The van der Waals surface area contributed by atoms with Gasteiger partial charge in [0, 0.05) is 51.1 Å². The van der Waals surface area contributed by atoms with Crippen molar-refractivity contribution in [2.24, 2.45) is 0 Å². The number of benzene rings is 4. The molecule has 0 N–H and O–H groups in total. The largest absolute Gasteiger partial charge is 0.461 e. The van der Waals surface area contributed by atoms with Crippen LogP contribution >= 0.6 is 0 Å². The molecule has 4 aromatic carbocycles. The maximum atomic E-state index is 6.23. The van der Waals surface area contributed by atoms with Crippen molar-refractivity contribution in [2.45, 2.75) is 12.3 Å². The Bertz CT molecular complexity index is 2830. The highest BCUT2D eigenvalue weighted by molar-refractivity contribution is 6.15. The summed E-state index contributed by atoms with van der Waals surface area (Å²) in [5.41, 5.74) is 11.3. The van der Waals surface area contributed by atoms with Gasteiger partial charge in [0.25, 0.3) is 0 Å². The lowest BCUT2D eigenvalue weighted by atomic mass is 9.90. The molecule has 0 spiro atoms. The molecule has 1 unspecified atom stereocenters. The fraction of sp³-hybridized carbons (Fsp3) is 0.0500. The second-order valence-corrected chi connectivity index (χ2v) is 12.2. The average Bonchev–Trinajstić information content (AvgIpc) is 3.84. The lowest BCUT2D eigenvalue weighted by molar-refractivity contribution is 0.425. The first-order valence-corrected chi connectivity index (χ1v) is 15.6. The number of aromatic nitrogens is 4. The van der Waals surface area contributed by atoms with Crippen LogP contribution in [0.5, 0.6) is 5.75 Å². The van der Waals surface area contributed by atoms with Gasteiger partial charge in [0.05, 0.1) is 33.5 Å². The van der Waals surface area contributed by atoms with Gasteiger partial charge in [-0.3, -0.25) is 9.55 Å². The highest BCUT2D eigenvalue weighted by atomic mass is 16.5. The van der Waals surface area contributed by atoms with Crippen LogP contribution < -0.4 is 4.74 Å². The predicted octanol–water partition coefficient (Wildman–Crippen LogP) is 9.89. The van der Waals surface area contributed by atoms with Crippen LogP contribution in [0.4, 0.5) is 0 Å². The summed E-state index contributed by atoms with van der Waals surface area (Å²) in [5.74, 6) is 2.17. The molecular formula is C40H24N4O2. The molecule has 2 aliphatic rings. The summed E-state index contributed by atoms with van der Waals surface area (Å²) in [6, 6.07) is 38.0. The minimum atomic E-state index is 0.196. The number of furan rings is 1. The van der Waals surface area contributed by atoms with Crippen molar-refractivity contribution in [2.75, 3.05) is 0 Å². The standard InChI is InChI=1S/C40H24N4O2/c1-4-11-31-27(10-1)39-33(43(31)23-15-17-36-28(20-23)25-8-2-5-13-34(25)45-36)22-30-38-32(12-7-19-41-38)44(40(30)42-39)24-16-18-37-29(21-24)26-9-3-6-14-35(26)46-37/h1-19,21-22,28H,20H2. The molecule has 6 nitrogen and oxygen atoms in total. The average molecular weight is 593 g/mol. The van der Waals surface area contributed by atoms with Gasteiger partial charge in [0.15, 0.2) is 0 Å². The van der Waals surface area contributed by atoms with Gasteiger partial charge in [-0.1, -0.05) is 54.6 Å². The molecule has 5 aromatic heterocycles. The maximum Gasteiger partial charge on any atom is 0.148 e. The predicted molar refractivity (Wildman–Crippen MR) is 183 cm³/mol. The third-order valence-corrected chi connectivity index (χ3v) is 9.74. The third-order valence-electron chi connectivity index (χ3n) is 9.74. The highest BCUT2D eigenvalue weighted by Crippen LogP contribution is 2.48. The molecule has 6 heteroatoms. The normalized spacial score (nSPS) is 16.0. The van der Waals surface area contributed by atoms with Gasteiger partial charge < -0.3 is 13.7 Å². The molecule has 0 radical (unpaired) electrons. The van der Waals surface area contributed by atoms with Crippen LogP contribution in [-0.4, -0.2) is 19.1 Å². The number of ether oxygens (including phenoxy) is 1. The van der Waals surface area contributed by atoms with E-state index in [1.54, 1.807) is 0 Å². The molecule has 0 bridgehead atoms. The van der Waals surface area contributed by atoms with Crippen molar-refractivity contribution in [3.63, 3.8) is 0 Å². The molecule has 0 saturated carbocycles. The lowest BCUT2D eigenvalue weighted by Crippen LogP contribution is -2.08. The van der Waals surface area contributed by atoms with E-state index in [0.29, 0.717) is 0 Å². The topological polar surface area (TPSA) is 58.0 Å². The Kier molecular flexibility index (Phi) is 4.60. The van der Waals surface area contributed by atoms with Crippen molar-refractivity contribution in [3.8, 4) is 11.4 Å². The highest BCUT2D eigenvalue weighted by Gasteiger charge is 2.33. The first-order chi connectivity index (χ1) is 22.8. The van der Waals surface area contributed by atoms with E-state index in [9.17, 15) is 0 Å². The van der Waals surface area contributed by atoms with Gasteiger partial charge in [0.1, 0.15) is 28.3 Å². The van der Waals surface area contributed by atoms with Crippen LogP contribution in [0.1, 0.15) is 17.9 Å². The molecule has 0 amide bonds. The number of hydrogen-bond donors (Lipinski definition) is 0. The van der Waals surface area contributed by atoms with Gasteiger partial charge in [-0.15, -0.1) is 0 Å². The Morgan fingerprint density at radius 2 is 1.46 bits per heavy atom. The van der Waals surface area contributed by atoms with E-state index in [1.807, 2.05) is 30.5 Å². The SMILES string of the molecule is C1=C2Oc3ccccc3C2CC(n2c3ccccc3c3nc4c(cc32)c2ncccc2n4-c2ccc3oc4ccccc4c3c2)=C1. The summed E-state index contributed by atoms with van der Waals surface area (Å²) in [4.78, 5) is 10.4. The zero-order valence-corrected chi connectivity index (χ0v) is 24.5. The summed E-state index contributed by atoms with van der Waals surface area (Å²) in [6.07, 6.45) is 7.05. The van der Waals surface area contributed by atoms with E-state index in [1.165, 1.54) is 11.3 Å². The number of rotatable bonds is 2. The monoisotopic (exact) mass is 592 g/mol. The van der Waals surface area contributed by atoms with Gasteiger partial charge in [-0.2, -0.15) is 0 Å². The first-order valence-electron chi connectivity index (χ1n) is 15.6. The Morgan fingerprint density at radius 1 is 0.630 bits per heavy atom. The second-order valence-electron chi connectivity index (χ2n) is 12.2. The quantitative estimate of drug-likeness (QED) is 0.200. The van der Waals surface area contributed by atoms with Crippen molar-refractivity contribution < 1.29 is 9.15 Å². The number of nitrogens with zero attached hydrogens (tertiary/aromatic N) is 4. The van der Waals surface area contributed by atoms with E-state index in [0.717, 1.165) is 89.6 Å². The lowest BCUT2D eigenvalue weighted by Gasteiger charge is -2.20. The Balaban J connectivity index is 1.18. The van der Waals surface area contributed by atoms with Crippen molar-refractivity contribution in [1.29, 1.82) is 0 Å². The summed E-state index contributed by atoms with van der Waals surface area (Å²) in [6.45, 7) is 0. The Hall–Kier alpha value is -6.14. The Morgan fingerprint density at radius 3 is 2.43 bits per heavy atom. The fourth-order valence-electron chi connectivity index (χ4n) is 7.72. The summed E-state index contributed by atoms with van der Waals surface area (Å²) >= 11 is 0. The molecular weight excluding hydrogens is 568 g/mol. The number of allylic oxidation sites excluding steroid dienone is 4. The number of pyridine rings is 2. The number of para-hydroxylation sites is 3. The van der Waals surface area contributed by atoms with Gasteiger partial charge >= 0.3 is 0 Å². The fourth-order valence-corrected chi connectivity index (χ4v) is 7.72. The third kappa shape index (κ3) is 3.15. The molecule has 1 aliphatic heterocycles. The van der Waals surface area contributed by atoms with Crippen molar-refractivity contribution in [1.82, 2.24) is 19.1 Å². The smallest absolute Gasteiger partial charge is 0.148 e. The molecule has 6 heterocycles. The molecule has 46 heavy (non-hydrogen) atoms. The van der Waals surface area contributed by atoms with Gasteiger partial charge in [0.2, 0.25) is 0 Å². The summed E-state index contributed by atoms with van der Waals surface area (Å²) in [5, 5.41) is 4.33. The van der Waals surface area contributed by atoms with E-state index in [2.05, 4.69) is 106 Å². The first kappa shape index (κ1) is 24.2. The minimum Gasteiger partial charge on any atom is -0.461 e. The van der Waals surface area contributed by atoms with Crippen LogP contribution in [0.3, 0.4) is 0 Å². The molecule has 0 fully saturated rings. The minimum absolute atomic E-state index is 0.196. The molecule has 1 atom stereocenters.